The van der Waals surface area contributed by atoms with Crippen molar-refractivity contribution < 1.29 is 9.59 Å². The number of likely N-dealkylation sites (tertiary alicyclic amines) is 1. The van der Waals surface area contributed by atoms with Gasteiger partial charge in [-0.15, -0.1) is 0 Å². The lowest BCUT2D eigenvalue weighted by Gasteiger charge is -2.32. The van der Waals surface area contributed by atoms with Crippen molar-refractivity contribution >= 4 is 17.6 Å². The molecule has 176 valence electrons. The van der Waals surface area contributed by atoms with Gasteiger partial charge in [-0.25, -0.2) is 4.98 Å². The van der Waals surface area contributed by atoms with Gasteiger partial charge in [-0.05, 0) is 50.0 Å². The van der Waals surface area contributed by atoms with Gasteiger partial charge >= 0.3 is 0 Å². The van der Waals surface area contributed by atoms with E-state index in [1.807, 2.05) is 47.5 Å². The van der Waals surface area contributed by atoms with Crippen LogP contribution in [0.1, 0.15) is 30.4 Å². The number of hydrogen-bond donors (Lipinski definition) is 1. The molecule has 1 aromatic heterocycles. The minimum Gasteiger partial charge on any atom is -0.355 e. The minimum absolute atomic E-state index is 0.0202. The minimum atomic E-state index is -0.153. The molecule has 2 aliphatic heterocycles. The van der Waals surface area contributed by atoms with E-state index in [4.69, 9.17) is 0 Å². The smallest absolute Gasteiger partial charge is 0.227 e. The molecule has 2 aromatic rings. The van der Waals surface area contributed by atoms with Gasteiger partial charge in [0.15, 0.2) is 0 Å². The maximum atomic E-state index is 12.8. The van der Waals surface area contributed by atoms with Crippen LogP contribution in [0, 0.1) is 5.92 Å². The summed E-state index contributed by atoms with van der Waals surface area (Å²) in [6.07, 6.45) is 5.07. The zero-order valence-corrected chi connectivity index (χ0v) is 19.6. The molecule has 3 heterocycles. The highest BCUT2D eigenvalue weighted by atomic mass is 16.2. The van der Waals surface area contributed by atoms with Gasteiger partial charge in [0.1, 0.15) is 5.82 Å². The first-order valence-corrected chi connectivity index (χ1v) is 12.1. The van der Waals surface area contributed by atoms with E-state index < -0.39 is 0 Å². The number of aromatic nitrogens is 1. The number of pyridine rings is 1. The molecule has 2 saturated heterocycles. The van der Waals surface area contributed by atoms with Gasteiger partial charge in [-0.1, -0.05) is 36.4 Å². The number of amides is 2. The summed E-state index contributed by atoms with van der Waals surface area (Å²) in [6.45, 7) is 5.87. The number of hydrogen-bond acceptors (Lipinski definition) is 5. The second-order valence-corrected chi connectivity index (χ2v) is 9.23. The van der Waals surface area contributed by atoms with Gasteiger partial charge in [-0.2, -0.15) is 0 Å². The van der Waals surface area contributed by atoms with E-state index in [0.29, 0.717) is 19.5 Å². The third-order valence-corrected chi connectivity index (χ3v) is 6.66. The van der Waals surface area contributed by atoms with Crippen LogP contribution in [0.25, 0.3) is 0 Å². The van der Waals surface area contributed by atoms with Crippen LogP contribution in [0.4, 0.5) is 5.82 Å². The van der Waals surface area contributed by atoms with Crippen molar-refractivity contribution in [3.05, 3.63) is 59.8 Å². The predicted octanol–water partition coefficient (Wildman–Crippen LogP) is 2.32. The molecular weight excluding hydrogens is 414 g/mol. The molecule has 2 amide bonds. The number of benzene rings is 1. The normalized spacial score (nSPS) is 19.7. The highest BCUT2D eigenvalue weighted by Crippen LogP contribution is 2.19. The molecule has 1 atom stereocenters. The van der Waals surface area contributed by atoms with E-state index in [-0.39, 0.29) is 17.7 Å². The van der Waals surface area contributed by atoms with Crippen LogP contribution >= 0.6 is 0 Å². The predicted molar refractivity (Wildman–Crippen MR) is 130 cm³/mol. The molecule has 0 bridgehead atoms. The summed E-state index contributed by atoms with van der Waals surface area (Å²) in [5.41, 5.74) is 2.00. The molecule has 2 aliphatic rings. The summed E-state index contributed by atoms with van der Waals surface area (Å²) < 4.78 is 0. The Bertz CT molecular complexity index is 918. The van der Waals surface area contributed by atoms with Crippen LogP contribution in [0.3, 0.4) is 0 Å². The SMILES string of the molecule is CN1CCCN(c2ccc(CNC(=O)C3CCCN(C(=O)Cc4ccccc4)C3)cn2)CC1. The van der Waals surface area contributed by atoms with Gasteiger partial charge in [0, 0.05) is 45.5 Å². The lowest BCUT2D eigenvalue weighted by Crippen LogP contribution is -2.45. The Kier molecular flexibility index (Phi) is 7.94. The summed E-state index contributed by atoms with van der Waals surface area (Å²) in [6, 6.07) is 13.9. The van der Waals surface area contributed by atoms with Crippen molar-refractivity contribution in [2.24, 2.45) is 5.92 Å². The highest BCUT2D eigenvalue weighted by molar-refractivity contribution is 5.82. The molecule has 1 unspecified atom stereocenters. The van der Waals surface area contributed by atoms with Gasteiger partial charge in [0.25, 0.3) is 0 Å². The molecule has 7 heteroatoms. The van der Waals surface area contributed by atoms with Crippen LogP contribution < -0.4 is 10.2 Å². The fourth-order valence-corrected chi connectivity index (χ4v) is 4.62. The fourth-order valence-electron chi connectivity index (χ4n) is 4.62. The molecular formula is C26H35N5O2. The van der Waals surface area contributed by atoms with Crippen molar-refractivity contribution in [2.75, 3.05) is 51.2 Å². The van der Waals surface area contributed by atoms with Crippen LogP contribution in [-0.2, 0) is 22.6 Å². The van der Waals surface area contributed by atoms with Crippen molar-refractivity contribution in [3.8, 4) is 0 Å². The summed E-state index contributed by atoms with van der Waals surface area (Å²) in [7, 11) is 2.16. The van der Waals surface area contributed by atoms with Crippen molar-refractivity contribution in [3.63, 3.8) is 0 Å². The monoisotopic (exact) mass is 449 g/mol. The Hall–Kier alpha value is -2.93. The third-order valence-electron chi connectivity index (χ3n) is 6.66. The average Bonchev–Trinajstić information content (AvgIpc) is 3.08. The van der Waals surface area contributed by atoms with Gasteiger partial charge < -0.3 is 20.0 Å². The molecule has 1 N–H and O–H groups in total. The third kappa shape index (κ3) is 6.54. The van der Waals surface area contributed by atoms with Crippen molar-refractivity contribution in [1.29, 1.82) is 0 Å². The first-order chi connectivity index (χ1) is 16.1. The maximum Gasteiger partial charge on any atom is 0.227 e. The molecule has 7 nitrogen and oxygen atoms in total. The maximum absolute atomic E-state index is 12.8. The van der Waals surface area contributed by atoms with E-state index in [1.54, 1.807) is 0 Å². The fraction of sp³-hybridized carbons (Fsp3) is 0.500. The lowest BCUT2D eigenvalue weighted by atomic mass is 9.96. The van der Waals surface area contributed by atoms with Crippen molar-refractivity contribution in [1.82, 2.24) is 20.1 Å². The van der Waals surface area contributed by atoms with Crippen molar-refractivity contribution in [2.45, 2.75) is 32.2 Å². The summed E-state index contributed by atoms with van der Waals surface area (Å²) in [5.74, 6) is 0.963. The Morgan fingerprint density at radius 3 is 2.61 bits per heavy atom. The summed E-state index contributed by atoms with van der Waals surface area (Å²) in [4.78, 5) is 36.7. The van der Waals surface area contributed by atoms with E-state index in [0.717, 1.165) is 68.9 Å². The van der Waals surface area contributed by atoms with E-state index in [9.17, 15) is 9.59 Å². The average molecular weight is 450 g/mol. The number of carbonyl (C=O) groups excluding carboxylic acids is 2. The molecule has 0 saturated carbocycles. The zero-order chi connectivity index (χ0) is 23.0. The van der Waals surface area contributed by atoms with Crippen LogP contribution in [-0.4, -0.2) is 72.9 Å². The number of nitrogens with zero attached hydrogens (tertiary/aromatic N) is 4. The Morgan fingerprint density at radius 1 is 0.970 bits per heavy atom. The lowest BCUT2D eigenvalue weighted by molar-refractivity contribution is -0.135. The standard InChI is InChI=1S/C26H35N5O2/c1-29-12-6-14-30(16-15-29)24-11-10-22(18-27-24)19-28-26(33)23-9-5-13-31(20-23)25(32)17-21-7-3-2-4-8-21/h2-4,7-8,10-11,18,23H,5-6,9,12-17,19-20H2,1H3,(H,28,33). The van der Waals surface area contributed by atoms with E-state index in [1.165, 1.54) is 0 Å². The molecule has 1 aromatic carbocycles. The number of rotatable bonds is 6. The van der Waals surface area contributed by atoms with Crippen LogP contribution in [0.5, 0.6) is 0 Å². The largest absolute Gasteiger partial charge is 0.355 e. The molecule has 0 radical (unpaired) electrons. The number of anilines is 1. The Balaban J connectivity index is 1.25. The highest BCUT2D eigenvalue weighted by Gasteiger charge is 2.28. The Labute approximate surface area is 196 Å². The molecule has 2 fully saturated rings. The molecule has 0 spiro atoms. The first kappa shape index (κ1) is 23.2. The number of nitrogens with one attached hydrogen (secondary N) is 1. The number of carbonyl (C=O) groups is 2. The quantitative estimate of drug-likeness (QED) is 0.733. The topological polar surface area (TPSA) is 68.8 Å². The second kappa shape index (κ2) is 11.3. The molecule has 0 aliphatic carbocycles. The first-order valence-electron chi connectivity index (χ1n) is 12.1. The van der Waals surface area contributed by atoms with Gasteiger partial charge in [0.2, 0.25) is 11.8 Å². The van der Waals surface area contributed by atoms with Gasteiger partial charge in [-0.3, -0.25) is 9.59 Å². The number of likely N-dealkylation sites (N-methyl/N-ethyl adjacent to an activating group) is 1. The van der Waals surface area contributed by atoms with Crippen LogP contribution in [0.15, 0.2) is 48.7 Å². The van der Waals surface area contributed by atoms with E-state index >= 15 is 0 Å². The summed E-state index contributed by atoms with van der Waals surface area (Å²) in [5, 5.41) is 3.06. The zero-order valence-electron chi connectivity index (χ0n) is 19.6. The van der Waals surface area contributed by atoms with Crippen LogP contribution in [0.2, 0.25) is 0 Å². The van der Waals surface area contributed by atoms with E-state index in [2.05, 4.69) is 33.2 Å². The summed E-state index contributed by atoms with van der Waals surface area (Å²) >= 11 is 0. The van der Waals surface area contributed by atoms with Gasteiger partial charge in [0.05, 0.1) is 12.3 Å². The number of piperidine rings is 1. The molecule has 4 rings (SSSR count). The molecule has 33 heavy (non-hydrogen) atoms. The second-order valence-electron chi connectivity index (χ2n) is 9.23. The Morgan fingerprint density at radius 2 is 1.82 bits per heavy atom.